The van der Waals surface area contributed by atoms with Crippen molar-refractivity contribution in [3.63, 3.8) is 0 Å². The molecule has 5 nitrogen and oxygen atoms in total. The number of rotatable bonds is 8. The first-order chi connectivity index (χ1) is 8.34. The zero-order valence-electron chi connectivity index (χ0n) is 10.6. The maximum atomic E-state index is 11.6. The second-order valence-electron chi connectivity index (χ2n) is 4.13. The summed E-state index contributed by atoms with van der Waals surface area (Å²) < 4.78 is 15.3. The number of ether oxygens (including phenoxy) is 3. The van der Waals surface area contributed by atoms with Gasteiger partial charge in [0.05, 0.1) is 6.61 Å². The molecule has 0 aromatic carbocycles. The lowest BCUT2D eigenvalue weighted by Crippen LogP contribution is -2.41. The second-order valence-corrected chi connectivity index (χ2v) is 4.13. The quantitative estimate of drug-likeness (QED) is 0.504. The van der Waals surface area contributed by atoms with E-state index in [1.54, 1.807) is 7.11 Å². The Bertz CT molecular complexity index is 205. The molecule has 1 rings (SSSR count). The molecule has 1 aliphatic rings. The van der Waals surface area contributed by atoms with Gasteiger partial charge in [0.25, 0.3) is 0 Å². The highest BCUT2D eigenvalue weighted by atomic mass is 16.6. The fraction of sp³-hybridized carbons (Fsp3) is 0.917. The Labute approximate surface area is 103 Å². The minimum Gasteiger partial charge on any atom is -0.462 e. The van der Waals surface area contributed by atoms with Crippen LogP contribution in [-0.4, -0.2) is 52.1 Å². The molecule has 0 unspecified atom stereocenters. The van der Waals surface area contributed by atoms with Gasteiger partial charge in [0.2, 0.25) is 0 Å². The van der Waals surface area contributed by atoms with Crippen LogP contribution in [0.4, 0.5) is 0 Å². The largest absolute Gasteiger partial charge is 0.462 e. The lowest BCUT2D eigenvalue weighted by molar-refractivity contribution is -0.148. The van der Waals surface area contributed by atoms with Crippen LogP contribution in [0.2, 0.25) is 0 Å². The Morgan fingerprint density at radius 2 is 2.12 bits per heavy atom. The SMILES string of the molecule is COCCCOCCOC(=O)[C@@H]1CCCCN1. The van der Waals surface area contributed by atoms with Crippen LogP contribution in [0.3, 0.4) is 0 Å². The molecule has 17 heavy (non-hydrogen) atoms. The first-order valence-corrected chi connectivity index (χ1v) is 6.31. The minimum absolute atomic E-state index is 0.114. The Kier molecular flexibility index (Phi) is 7.96. The number of piperidine rings is 1. The van der Waals surface area contributed by atoms with Crippen molar-refractivity contribution >= 4 is 5.97 Å². The molecule has 0 aromatic heterocycles. The van der Waals surface area contributed by atoms with Crippen molar-refractivity contribution < 1.29 is 19.0 Å². The molecule has 0 aliphatic carbocycles. The van der Waals surface area contributed by atoms with Gasteiger partial charge in [0, 0.05) is 20.3 Å². The molecule has 1 atom stereocenters. The van der Waals surface area contributed by atoms with Crippen molar-refractivity contribution in [3.8, 4) is 0 Å². The molecule has 5 heteroatoms. The Balaban J connectivity index is 1.92. The number of carbonyl (C=O) groups is 1. The summed E-state index contributed by atoms with van der Waals surface area (Å²) in [4.78, 5) is 11.6. The smallest absolute Gasteiger partial charge is 0.323 e. The van der Waals surface area contributed by atoms with E-state index in [0.717, 1.165) is 32.2 Å². The van der Waals surface area contributed by atoms with Gasteiger partial charge in [-0.3, -0.25) is 4.79 Å². The summed E-state index contributed by atoms with van der Waals surface area (Å²) in [6, 6.07) is -0.114. The average Bonchev–Trinajstić information content (AvgIpc) is 2.38. The van der Waals surface area contributed by atoms with E-state index in [0.29, 0.717) is 26.4 Å². The van der Waals surface area contributed by atoms with Gasteiger partial charge in [0.15, 0.2) is 0 Å². The van der Waals surface area contributed by atoms with Crippen molar-refractivity contribution in [2.75, 3.05) is 40.1 Å². The lowest BCUT2D eigenvalue weighted by atomic mass is 10.1. The van der Waals surface area contributed by atoms with Gasteiger partial charge in [-0.15, -0.1) is 0 Å². The monoisotopic (exact) mass is 245 g/mol. The molecule has 0 amide bonds. The first-order valence-electron chi connectivity index (χ1n) is 6.31. The fourth-order valence-corrected chi connectivity index (χ4v) is 1.76. The second kappa shape index (κ2) is 9.39. The van der Waals surface area contributed by atoms with Crippen LogP contribution in [0.5, 0.6) is 0 Å². The summed E-state index contributed by atoms with van der Waals surface area (Å²) in [7, 11) is 1.67. The van der Waals surface area contributed by atoms with Crippen LogP contribution < -0.4 is 5.32 Å². The Hall–Kier alpha value is -0.650. The van der Waals surface area contributed by atoms with Gasteiger partial charge in [-0.25, -0.2) is 0 Å². The Morgan fingerprint density at radius 1 is 1.24 bits per heavy atom. The van der Waals surface area contributed by atoms with E-state index in [9.17, 15) is 4.79 Å². The maximum absolute atomic E-state index is 11.6. The summed E-state index contributed by atoms with van der Waals surface area (Å²) in [6.07, 6.45) is 3.99. The van der Waals surface area contributed by atoms with Gasteiger partial charge in [-0.05, 0) is 25.8 Å². The van der Waals surface area contributed by atoms with Gasteiger partial charge in [-0.2, -0.15) is 0 Å². The van der Waals surface area contributed by atoms with Crippen LogP contribution >= 0.6 is 0 Å². The van der Waals surface area contributed by atoms with E-state index in [1.165, 1.54) is 0 Å². The highest BCUT2D eigenvalue weighted by Crippen LogP contribution is 2.08. The molecule has 1 saturated heterocycles. The van der Waals surface area contributed by atoms with E-state index in [4.69, 9.17) is 14.2 Å². The molecule has 1 N–H and O–H groups in total. The van der Waals surface area contributed by atoms with Crippen molar-refractivity contribution in [3.05, 3.63) is 0 Å². The van der Waals surface area contributed by atoms with E-state index in [-0.39, 0.29) is 12.0 Å². The summed E-state index contributed by atoms with van der Waals surface area (Å²) in [5.41, 5.74) is 0. The summed E-state index contributed by atoms with van der Waals surface area (Å²) >= 11 is 0. The van der Waals surface area contributed by atoms with Crippen LogP contribution in [0, 0.1) is 0 Å². The molecule has 1 aliphatic heterocycles. The van der Waals surface area contributed by atoms with Crippen molar-refractivity contribution in [2.24, 2.45) is 0 Å². The van der Waals surface area contributed by atoms with Crippen LogP contribution in [0.25, 0.3) is 0 Å². The van der Waals surface area contributed by atoms with Crippen LogP contribution in [0.1, 0.15) is 25.7 Å². The zero-order chi connectivity index (χ0) is 12.3. The summed E-state index contributed by atoms with van der Waals surface area (Å²) in [5, 5.41) is 3.16. The van der Waals surface area contributed by atoms with Crippen LogP contribution in [-0.2, 0) is 19.0 Å². The molecule has 0 bridgehead atoms. The van der Waals surface area contributed by atoms with E-state index in [1.807, 2.05) is 0 Å². The third-order valence-electron chi connectivity index (χ3n) is 2.70. The molecular weight excluding hydrogens is 222 g/mol. The Morgan fingerprint density at radius 3 is 2.82 bits per heavy atom. The van der Waals surface area contributed by atoms with Gasteiger partial charge in [-0.1, -0.05) is 6.42 Å². The number of carbonyl (C=O) groups excluding carboxylic acids is 1. The molecule has 1 fully saturated rings. The molecule has 0 aromatic rings. The lowest BCUT2D eigenvalue weighted by Gasteiger charge is -2.21. The van der Waals surface area contributed by atoms with Gasteiger partial charge in [0.1, 0.15) is 12.6 Å². The topological polar surface area (TPSA) is 56.8 Å². The zero-order valence-corrected chi connectivity index (χ0v) is 10.6. The fourth-order valence-electron chi connectivity index (χ4n) is 1.76. The molecule has 0 radical (unpaired) electrons. The summed E-state index contributed by atoms with van der Waals surface area (Å²) in [6.45, 7) is 3.05. The number of nitrogens with one attached hydrogen (secondary N) is 1. The molecular formula is C12H23NO4. The number of methoxy groups -OCH3 is 1. The van der Waals surface area contributed by atoms with E-state index in [2.05, 4.69) is 5.32 Å². The van der Waals surface area contributed by atoms with Crippen molar-refractivity contribution in [1.82, 2.24) is 5.32 Å². The van der Waals surface area contributed by atoms with E-state index < -0.39 is 0 Å². The first kappa shape index (κ1) is 14.4. The van der Waals surface area contributed by atoms with Crippen molar-refractivity contribution in [2.45, 2.75) is 31.7 Å². The minimum atomic E-state index is -0.148. The third kappa shape index (κ3) is 6.61. The van der Waals surface area contributed by atoms with Crippen molar-refractivity contribution in [1.29, 1.82) is 0 Å². The third-order valence-corrected chi connectivity index (χ3v) is 2.70. The predicted molar refractivity (Wildman–Crippen MR) is 63.9 cm³/mol. The highest BCUT2D eigenvalue weighted by molar-refractivity contribution is 5.75. The molecule has 100 valence electrons. The number of hydrogen-bond donors (Lipinski definition) is 1. The molecule has 1 heterocycles. The highest BCUT2D eigenvalue weighted by Gasteiger charge is 2.21. The average molecular weight is 245 g/mol. The maximum Gasteiger partial charge on any atom is 0.323 e. The van der Waals surface area contributed by atoms with Gasteiger partial charge < -0.3 is 19.5 Å². The number of hydrogen-bond acceptors (Lipinski definition) is 5. The molecule has 0 saturated carbocycles. The van der Waals surface area contributed by atoms with Crippen LogP contribution in [0.15, 0.2) is 0 Å². The number of esters is 1. The standard InChI is InChI=1S/C12H23NO4/c1-15-7-4-8-16-9-10-17-12(14)11-5-2-3-6-13-11/h11,13H,2-10H2,1H3/t11-/m0/s1. The van der Waals surface area contributed by atoms with E-state index >= 15 is 0 Å². The normalized spacial score (nSPS) is 20.2. The predicted octanol–water partition coefficient (Wildman–Crippen LogP) is 0.725. The summed E-state index contributed by atoms with van der Waals surface area (Å²) in [5.74, 6) is -0.148. The molecule has 0 spiro atoms. The van der Waals surface area contributed by atoms with Gasteiger partial charge >= 0.3 is 5.97 Å².